The number of amides is 1. The fourth-order valence-corrected chi connectivity index (χ4v) is 1.89. The molecule has 0 saturated heterocycles. The smallest absolute Gasteiger partial charge is 0.224 e. The van der Waals surface area contributed by atoms with Crippen LogP contribution in [0.2, 0.25) is 0 Å². The van der Waals surface area contributed by atoms with E-state index in [9.17, 15) is 4.79 Å². The first-order valence-electron chi connectivity index (χ1n) is 7.01. The second-order valence-corrected chi connectivity index (χ2v) is 5.31. The van der Waals surface area contributed by atoms with Crippen molar-refractivity contribution in [1.82, 2.24) is 5.32 Å². The molecular weight excluding hydrogens is 270 g/mol. The van der Waals surface area contributed by atoms with Crippen molar-refractivity contribution in [2.45, 2.75) is 33.2 Å². The molecule has 0 aliphatic carbocycles. The monoisotopic (exact) mass is 295 g/mol. The molecule has 1 atom stereocenters. The molecule has 0 saturated carbocycles. The Hall–Kier alpha value is -1.91. The lowest BCUT2D eigenvalue weighted by Gasteiger charge is -2.18. The van der Waals surface area contributed by atoms with Crippen molar-refractivity contribution >= 4 is 5.91 Å². The van der Waals surface area contributed by atoms with E-state index in [0.717, 1.165) is 5.56 Å². The third-order valence-electron chi connectivity index (χ3n) is 3.48. The lowest BCUT2D eigenvalue weighted by Crippen LogP contribution is -2.37. The molecule has 1 rings (SSSR count). The number of benzene rings is 1. The van der Waals surface area contributed by atoms with Gasteiger partial charge in [0, 0.05) is 6.04 Å². The normalized spacial score (nSPS) is 12.0. The van der Waals surface area contributed by atoms with Gasteiger partial charge in [-0.1, -0.05) is 13.8 Å². The van der Waals surface area contributed by atoms with Crippen LogP contribution >= 0.6 is 0 Å². The lowest BCUT2D eigenvalue weighted by atomic mass is 10.1. The Morgan fingerprint density at radius 3 is 1.95 bits per heavy atom. The van der Waals surface area contributed by atoms with Crippen LogP contribution in [0.1, 0.15) is 26.3 Å². The number of methoxy groups -OCH3 is 3. The van der Waals surface area contributed by atoms with Gasteiger partial charge >= 0.3 is 0 Å². The predicted molar refractivity (Wildman–Crippen MR) is 82.2 cm³/mol. The van der Waals surface area contributed by atoms with Crippen molar-refractivity contribution in [3.05, 3.63) is 17.7 Å². The molecule has 0 aromatic heterocycles. The van der Waals surface area contributed by atoms with Crippen LogP contribution in [0.15, 0.2) is 12.1 Å². The van der Waals surface area contributed by atoms with Gasteiger partial charge in [0.05, 0.1) is 27.8 Å². The van der Waals surface area contributed by atoms with Gasteiger partial charge in [-0.3, -0.25) is 4.79 Å². The molecule has 0 radical (unpaired) electrons. The Bertz CT molecular complexity index is 460. The van der Waals surface area contributed by atoms with Crippen LogP contribution in [0, 0.1) is 5.92 Å². The lowest BCUT2D eigenvalue weighted by molar-refractivity contribution is -0.121. The summed E-state index contributed by atoms with van der Waals surface area (Å²) in [7, 11) is 4.67. The number of hydrogen-bond donors (Lipinski definition) is 1. The predicted octanol–water partition coefficient (Wildman–Crippen LogP) is 2.42. The van der Waals surface area contributed by atoms with Crippen molar-refractivity contribution in [3.8, 4) is 17.2 Å². The van der Waals surface area contributed by atoms with Crippen LogP contribution < -0.4 is 19.5 Å². The molecule has 0 heterocycles. The van der Waals surface area contributed by atoms with E-state index in [1.807, 2.05) is 6.92 Å². The molecule has 118 valence electrons. The summed E-state index contributed by atoms with van der Waals surface area (Å²) >= 11 is 0. The van der Waals surface area contributed by atoms with E-state index >= 15 is 0 Å². The summed E-state index contributed by atoms with van der Waals surface area (Å²) in [5, 5.41) is 2.98. The van der Waals surface area contributed by atoms with Crippen LogP contribution in [0.4, 0.5) is 0 Å². The van der Waals surface area contributed by atoms with Gasteiger partial charge < -0.3 is 19.5 Å². The largest absolute Gasteiger partial charge is 0.493 e. The molecule has 0 aliphatic heterocycles. The first-order chi connectivity index (χ1) is 9.92. The number of ether oxygens (including phenoxy) is 3. The quantitative estimate of drug-likeness (QED) is 0.839. The molecule has 0 aliphatic rings. The topological polar surface area (TPSA) is 56.8 Å². The molecule has 0 spiro atoms. The van der Waals surface area contributed by atoms with E-state index in [-0.39, 0.29) is 18.4 Å². The number of carbonyl (C=O) groups is 1. The minimum Gasteiger partial charge on any atom is -0.493 e. The third-order valence-corrected chi connectivity index (χ3v) is 3.48. The van der Waals surface area contributed by atoms with Crippen molar-refractivity contribution in [2.24, 2.45) is 5.92 Å². The summed E-state index contributed by atoms with van der Waals surface area (Å²) in [6.07, 6.45) is 0.272. The summed E-state index contributed by atoms with van der Waals surface area (Å²) in [6.45, 7) is 6.15. The zero-order valence-corrected chi connectivity index (χ0v) is 13.6. The minimum absolute atomic E-state index is 0.0227. The molecular formula is C16H25NO4. The molecule has 1 aromatic carbocycles. The van der Waals surface area contributed by atoms with Crippen LogP contribution in [0.25, 0.3) is 0 Å². The van der Waals surface area contributed by atoms with Crippen LogP contribution in [0.5, 0.6) is 17.2 Å². The van der Waals surface area contributed by atoms with Crippen molar-refractivity contribution < 1.29 is 19.0 Å². The van der Waals surface area contributed by atoms with Crippen LogP contribution in [0.3, 0.4) is 0 Å². The SMILES string of the molecule is COc1cc(CC(=O)N[C@H](C)C(C)C)cc(OC)c1OC. The van der Waals surface area contributed by atoms with E-state index in [4.69, 9.17) is 14.2 Å². The van der Waals surface area contributed by atoms with Gasteiger partial charge in [0.2, 0.25) is 11.7 Å². The molecule has 1 amide bonds. The third kappa shape index (κ3) is 4.55. The van der Waals surface area contributed by atoms with Crippen molar-refractivity contribution in [2.75, 3.05) is 21.3 Å². The zero-order valence-electron chi connectivity index (χ0n) is 13.6. The highest BCUT2D eigenvalue weighted by atomic mass is 16.5. The highest BCUT2D eigenvalue weighted by Crippen LogP contribution is 2.38. The van der Waals surface area contributed by atoms with Gasteiger partial charge in [0.25, 0.3) is 0 Å². The summed E-state index contributed by atoms with van der Waals surface area (Å²) < 4.78 is 15.8. The van der Waals surface area contributed by atoms with Crippen LogP contribution in [-0.2, 0) is 11.2 Å². The number of hydrogen-bond acceptors (Lipinski definition) is 4. The molecule has 1 N–H and O–H groups in total. The molecule has 0 unspecified atom stereocenters. The standard InChI is InChI=1S/C16H25NO4/c1-10(2)11(3)17-15(18)9-12-7-13(19-4)16(21-6)14(8-12)20-5/h7-8,10-11H,9H2,1-6H3,(H,17,18)/t11-/m1/s1. The first kappa shape index (κ1) is 17.1. The number of rotatable bonds is 7. The molecule has 1 aromatic rings. The summed E-state index contributed by atoms with van der Waals surface area (Å²) in [6, 6.07) is 3.72. The van der Waals surface area contributed by atoms with Gasteiger partial charge in [-0.15, -0.1) is 0 Å². The fraction of sp³-hybridized carbons (Fsp3) is 0.562. The zero-order chi connectivity index (χ0) is 16.0. The van der Waals surface area contributed by atoms with Gasteiger partial charge in [0.15, 0.2) is 11.5 Å². The van der Waals surface area contributed by atoms with E-state index in [1.54, 1.807) is 33.5 Å². The second kappa shape index (κ2) is 7.76. The molecule has 5 nitrogen and oxygen atoms in total. The average molecular weight is 295 g/mol. The Labute approximate surface area is 126 Å². The summed E-state index contributed by atoms with van der Waals surface area (Å²) in [4.78, 5) is 12.1. The molecule has 5 heteroatoms. The Kier molecular flexibility index (Phi) is 6.34. The van der Waals surface area contributed by atoms with E-state index < -0.39 is 0 Å². The summed E-state index contributed by atoms with van der Waals surface area (Å²) in [5.41, 5.74) is 0.818. The average Bonchev–Trinajstić information content (AvgIpc) is 2.45. The first-order valence-corrected chi connectivity index (χ1v) is 7.01. The molecule has 0 fully saturated rings. The van der Waals surface area contributed by atoms with Gasteiger partial charge in [-0.25, -0.2) is 0 Å². The molecule has 21 heavy (non-hydrogen) atoms. The molecule has 0 bridgehead atoms. The van der Waals surface area contributed by atoms with Gasteiger partial charge in [-0.05, 0) is 30.5 Å². The van der Waals surface area contributed by atoms with E-state index in [0.29, 0.717) is 23.2 Å². The van der Waals surface area contributed by atoms with E-state index in [2.05, 4.69) is 19.2 Å². The minimum atomic E-state index is -0.0227. The maximum Gasteiger partial charge on any atom is 0.224 e. The summed E-state index contributed by atoms with van der Waals surface area (Å²) in [5.74, 6) is 2.01. The highest BCUT2D eigenvalue weighted by molar-refractivity contribution is 5.79. The van der Waals surface area contributed by atoms with Crippen molar-refractivity contribution in [3.63, 3.8) is 0 Å². The van der Waals surface area contributed by atoms with Gasteiger partial charge in [0.1, 0.15) is 0 Å². The maximum absolute atomic E-state index is 12.1. The number of nitrogens with one attached hydrogen (secondary N) is 1. The Morgan fingerprint density at radius 1 is 1.05 bits per heavy atom. The highest BCUT2D eigenvalue weighted by Gasteiger charge is 2.16. The Balaban J connectivity index is 2.91. The Morgan fingerprint density at radius 2 is 1.57 bits per heavy atom. The number of carbonyl (C=O) groups excluding carboxylic acids is 1. The maximum atomic E-state index is 12.1. The van der Waals surface area contributed by atoms with E-state index in [1.165, 1.54) is 0 Å². The van der Waals surface area contributed by atoms with Crippen molar-refractivity contribution in [1.29, 1.82) is 0 Å². The van der Waals surface area contributed by atoms with Crippen LogP contribution in [-0.4, -0.2) is 33.3 Å². The second-order valence-electron chi connectivity index (χ2n) is 5.31. The fourth-order valence-electron chi connectivity index (χ4n) is 1.89. The van der Waals surface area contributed by atoms with Gasteiger partial charge in [-0.2, -0.15) is 0 Å².